The third-order valence-electron chi connectivity index (χ3n) is 5.51. The highest BCUT2D eigenvalue weighted by atomic mass is 32.2. The van der Waals surface area contributed by atoms with E-state index in [1.54, 1.807) is 45.0 Å². The Morgan fingerprint density at radius 1 is 0.806 bits per heavy atom. The lowest BCUT2D eigenvalue weighted by molar-refractivity contribution is 0.212. The zero-order valence-corrected chi connectivity index (χ0v) is 20.0. The molecule has 0 spiro atoms. The van der Waals surface area contributed by atoms with Crippen LogP contribution < -0.4 is 9.47 Å². The van der Waals surface area contributed by atoms with Gasteiger partial charge in [-0.15, -0.1) is 0 Å². The standard InChI is InChI=1S/C21H28N2O6S2/c1-15-12-18(6-8-20(15)28-4)30(24,25)22-10-11-23(17(3)14-22)31(26,27)19-7-9-21(29-5)16(2)13-19/h6-9,12-13,17H,10-11,14H2,1-5H3/t17-/m0/s1. The van der Waals surface area contributed by atoms with Crippen LogP contribution in [0.15, 0.2) is 46.2 Å². The van der Waals surface area contributed by atoms with E-state index in [0.717, 1.165) is 0 Å². The second-order valence-corrected chi connectivity index (χ2v) is 11.4. The summed E-state index contributed by atoms with van der Waals surface area (Å²) in [4.78, 5) is 0.333. The Morgan fingerprint density at radius 3 is 1.71 bits per heavy atom. The lowest BCUT2D eigenvalue weighted by Crippen LogP contribution is -2.55. The largest absolute Gasteiger partial charge is 0.496 e. The van der Waals surface area contributed by atoms with Crippen molar-refractivity contribution >= 4 is 20.0 Å². The number of piperazine rings is 1. The van der Waals surface area contributed by atoms with Crippen LogP contribution in [0.25, 0.3) is 0 Å². The van der Waals surface area contributed by atoms with E-state index in [9.17, 15) is 16.8 Å². The van der Waals surface area contributed by atoms with Crippen LogP contribution in [0, 0.1) is 13.8 Å². The van der Waals surface area contributed by atoms with Gasteiger partial charge >= 0.3 is 0 Å². The molecule has 8 nitrogen and oxygen atoms in total. The molecule has 2 aromatic rings. The van der Waals surface area contributed by atoms with Gasteiger partial charge in [-0.2, -0.15) is 8.61 Å². The summed E-state index contributed by atoms with van der Waals surface area (Å²) in [5, 5.41) is 0. The predicted molar refractivity (Wildman–Crippen MR) is 118 cm³/mol. The second kappa shape index (κ2) is 8.78. The van der Waals surface area contributed by atoms with Crippen molar-refractivity contribution in [3.8, 4) is 11.5 Å². The fourth-order valence-electron chi connectivity index (χ4n) is 3.79. The Labute approximate surface area is 184 Å². The molecule has 1 aliphatic rings. The van der Waals surface area contributed by atoms with E-state index in [1.807, 2.05) is 0 Å². The predicted octanol–water partition coefficient (Wildman–Crippen LogP) is 2.40. The third kappa shape index (κ3) is 4.43. The van der Waals surface area contributed by atoms with E-state index in [0.29, 0.717) is 22.6 Å². The van der Waals surface area contributed by atoms with Gasteiger partial charge in [0, 0.05) is 25.7 Å². The van der Waals surface area contributed by atoms with Gasteiger partial charge in [0.2, 0.25) is 20.0 Å². The minimum atomic E-state index is -3.77. The highest BCUT2D eigenvalue weighted by Gasteiger charge is 2.38. The molecule has 2 aromatic carbocycles. The molecule has 1 atom stereocenters. The zero-order valence-electron chi connectivity index (χ0n) is 18.3. The van der Waals surface area contributed by atoms with Crippen molar-refractivity contribution in [3.05, 3.63) is 47.5 Å². The average Bonchev–Trinajstić information content (AvgIpc) is 2.73. The summed E-state index contributed by atoms with van der Waals surface area (Å²) in [6.07, 6.45) is 0. The molecule has 0 saturated carbocycles. The van der Waals surface area contributed by atoms with Crippen LogP contribution in [-0.2, 0) is 20.0 Å². The van der Waals surface area contributed by atoms with Crippen LogP contribution in [0.1, 0.15) is 18.1 Å². The van der Waals surface area contributed by atoms with Crippen LogP contribution in [0.3, 0.4) is 0 Å². The third-order valence-corrected chi connectivity index (χ3v) is 9.38. The molecule has 31 heavy (non-hydrogen) atoms. The first-order valence-electron chi connectivity index (χ1n) is 9.83. The highest BCUT2D eigenvalue weighted by molar-refractivity contribution is 7.89. The molecule has 0 aromatic heterocycles. The lowest BCUT2D eigenvalue weighted by atomic mass is 10.2. The van der Waals surface area contributed by atoms with Gasteiger partial charge in [-0.25, -0.2) is 16.8 Å². The van der Waals surface area contributed by atoms with Crippen molar-refractivity contribution in [1.29, 1.82) is 0 Å². The summed E-state index contributed by atoms with van der Waals surface area (Å²) in [6.45, 7) is 5.50. The van der Waals surface area contributed by atoms with Gasteiger partial charge in [0.1, 0.15) is 11.5 Å². The molecule has 3 rings (SSSR count). The van der Waals surface area contributed by atoms with Crippen molar-refractivity contribution < 1.29 is 26.3 Å². The van der Waals surface area contributed by atoms with Crippen LogP contribution in [0.5, 0.6) is 11.5 Å². The van der Waals surface area contributed by atoms with Crippen LogP contribution in [-0.4, -0.2) is 65.3 Å². The first-order chi connectivity index (χ1) is 14.5. The highest BCUT2D eigenvalue weighted by Crippen LogP contribution is 2.29. The first kappa shape index (κ1) is 23.5. The summed E-state index contributed by atoms with van der Waals surface area (Å²) >= 11 is 0. The molecule has 1 saturated heterocycles. The molecule has 1 aliphatic heterocycles. The molecule has 0 aliphatic carbocycles. The zero-order chi connectivity index (χ0) is 23.0. The van der Waals surface area contributed by atoms with E-state index in [-0.39, 0.29) is 29.4 Å². The average molecular weight is 469 g/mol. The first-order valence-corrected chi connectivity index (χ1v) is 12.7. The maximum absolute atomic E-state index is 13.2. The molecule has 10 heteroatoms. The van der Waals surface area contributed by atoms with E-state index < -0.39 is 26.1 Å². The second-order valence-electron chi connectivity index (χ2n) is 7.59. The summed E-state index contributed by atoms with van der Waals surface area (Å²) in [7, 11) is -4.46. The van der Waals surface area contributed by atoms with E-state index in [2.05, 4.69) is 0 Å². The molecule has 0 N–H and O–H groups in total. The topological polar surface area (TPSA) is 93.2 Å². The number of sulfonamides is 2. The Kier molecular flexibility index (Phi) is 6.66. The van der Waals surface area contributed by atoms with Gasteiger partial charge in [0.25, 0.3) is 0 Å². The number of methoxy groups -OCH3 is 2. The van der Waals surface area contributed by atoms with E-state index in [1.165, 1.54) is 35.0 Å². The normalized spacial score (nSPS) is 18.7. The minimum absolute atomic E-state index is 0.0712. The van der Waals surface area contributed by atoms with Crippen LogP contribution in [0.4, 0.5) is 0 Å². The Hall–Kier alpha value is -2.14. The Balaban J connectivity index is 1.83. The van der Waals surface area contributed by atoms with Gasteiger partial charge in [-0.3, -0.25) is 0 Å². The van der Waals surface area contributed by atoms with E-state index in [4.69, 9.17) is 9.47 Å². The molecule has 0 amide bonds. The quantitative estimate of drug-likeness (QED) is 0.646. The van der Waals surface area contributed by atoms with E-state index >= 15 is 0 Å². The van der Waals surface area contributed by atoms with Crippen molar-refractivity contribution in [2.24, 2.45) is 0 Å². The summed E-state index contributed by atoms with van der Waals surface area (Å²) in [5.41, 5.74) is 1.43. The molecule has 1 fully saturated rings. The van der Waals surface area contributed by atoms with Crippen molar-refractivity contribution in [1.82, 2.24) is 8.61 Å². The number of hydrogen-bond donors (Lipinski definition) is 0. The number of hydrogen-bond acceptors (Lipinski definition) is 6. The monoisotopic (exact) mass is 468 g/mol. The van der Waals surface area contributed by atoms with Gasteiger partial charge < -0.3 is 9.47 Å². The summed E-state index contributed by atoms with van der Waals surface area (Å²) in [5.74, 6) is 1.22. The van der Waals surface area contributed by atoms with Gasteiger partial charge in [0.05, 0.1) is 24.0 Å². The molecular formula is C21H28N2O6S2. The number of ether oxygens (including phenoxy) is 2. The fourth-order valence-corrected chi connectivity index (χ4v) is 7.09. The summed E-state index contributed by atoms with van der Waals surface area (Å²) < 4.78 is 65.8. The maximum Gasteiger partial charge on any atom is 0.243 e. The van der Waals surface area contributed by atoms with Gasteiger partial charge in [-0.1, -0.05) is 0 Å². The van der Waals surface area contributed by atoms with Crippen molar-refractivity contribution in [2.45, 2.75) is 36.6 Å². The summed E-state index contributed by atoms with van der Waals surface area (Å²) in [6, 6.07) is 8.89. The molecule has 1 heterocycles. The lowest BCUT2D eigenvalue weighted by Gasteiger charge is -2.38. The smallest absolute Gasteiger partial charge is 0.243 e. The molecule has 0 bridgehead atoms. The molecule has 0 unspecified atom stereocenters. The molecule has 170 valence electrons. The SMILES string of the molecule is COc1ccc(S(=O)(=O)N2CCN(S(=O)(=O)c3ccc(OC)c(C)c3)[C@@H](C)C2)cc1C. The number of nitrogens with zero attached hydrogens (tertiary/aromatic N) is 2. The molecule has 0 radical (unpaired) electrons. The van der Waals surface area contributed by atoms with Crippen molar-refractivity contribution in [2.75, 3.05) is 33.9 Å². The Bertz CT molecular complexity index is 1180. The van der Waals surface area contributed by atoms with Gasteiger partial charge in [-0.05, 0) is 68.3 Å². The van der Waals surface area contributed by atoms with Crippen molar-refractivity contribution in [3.63, 3.8) is 0 Å². The number of rotatable bonds is 6. The van der Waals surface area contributed by atoms with Gasteiger partial charge in [0.15, 0.2) is 0 Å². The fraction of sp³-hybridized carbons (Fsp3) is 0.429. The maximum atomic E-state index is 13.2. The number of aryl methyl sites for hydroxylation is 2. The van der Waals surface area contributed by atoms with Crippen LogP contribution in [0.2, 0.25) is 0 Å². The molecular weight excluding hydrogens is 440 g/mol. The minimum Gasteiger partial charge on any atom is -0.496 e. The number of benzene rings is 2. The van der Waals surface area contributed by atoms with Crippen LogP contribution >= 0.6 is 0 Å². The Morgan fingerprint density at radius 2 is 1.29 bits per heavy atom.